The Morgan fingerprint density at radius 2 is 2.06 bits per heavy atom. The van der Waals surface area contributed by atoms with Crippen LogP contribution in [0, 0.1) is 17.2 Å². The Balaban J connectivity index is 1.71. The molecule has 18 heavy (non-hydrogen) atoms. The summed E-state index contributed by atoms with van der Waals surface area (Å²) in [5, 5.41) is 9.32. The van der Waals surface area contributed by atoms with Crippen LogP contribution in [0.3, 0.4) is 0 Å². The minimum atomic E-state index is -0.633. The van der Waals surface area contributed by atoms with Gasteiger partial charge in [-0.3, -0.25) is 4.90 Å². The van der Waals surface area contributed by atoms with Crippen molar-refractivity contribution in [2.75, 3.05) is 13.1 Å². The molecule has 1 aromatic carbocycles. The van der Waals surface area contributed by atoms with Crippen LogP contribution in [0.1, 0.15) is 24.0 Å². The van der Waals surface area contributed by atoms with E-state index < -0.39 is 5.54 Å². The van der Waals surface area contributed by atoms with E-state index in [4.69, 9.17) is 5.73 Å². The third kappa shape index (κ3) is 2.14. The predicted molar refractivity (Wildman–Crippen MR) is 70.7 cm³/mol. The van der Waals surface area contributed by atoms with Gasteiger partial charge in [0.2, 0.25) is 0 Å². The first-order valence-corrected chi connectivity index (χ1v) is 6.70. The maximum Gasteiger partial charge on any atom is 0.119 e. The highest BCUT2D eigenvalue weighted by atomic mass is 15.2. The number of hydrogen-bond acceptors (Lipinski definition) is 3. The SMILES string of the molecule is N#CC(N)(CN1CCc2ccccc2C1)C1CC1. The third-order valence-corrected chi connectivity index (χ3v) is 4.21. The van der Waals surface area contributed by atoms with Crippen molar-refractivity contribution in [3.8, 4) is 6.07 Å². The van der Waals surface area contributed by atoms with Crippen molar-refractivity contribution < 1.29 is 0 Å². The zero-order valence-corrected chi connectivity index (χ0v) is 10.6. The number of nitriles is 1. The monoisotopic (exact) mass is 241 g/mol. The maximum absolute atomic E-state index is 9.32. The van der Waals surface area contributed by atoms with Crippen molar-refractivity contribution in [1.82, 2.24) is 4.90 Å². The maximum atomic E-state index is 9.32. The van der Waals surface area contributed by atoms with Crippen molar-refractivity contribution in [2.45, 2.75) is 31.3 Å². The van der Waals surface area contributed by atoms with E-state index in [9.17, 15) is 5.26 Å². The Morgan fingerprint density at radius 1 is 1.33 bits per heavy atom. The number of nitrogens with zero attached hydrogens (tertiary/aromatic N) is 2. The van der Waals surface area contributed by atoms with Gasteiger partial charge in [0.15, 0.2) is 0 Å². The highest BCUT2D eigenvalue weighted by Crippen LogP contribution is 2.38. The van der Waals surface area contributed by atoms with Gasteiger partial charge in [-0.2, -0.15) is 5.26 Å². The van der Waals surface area contributed by atoms with Crippen LogP contribution in [-0.2, 0) is 13.0 Å². The van der Waals surface area contributed by atoms with E-state index in [0.717, 1.165) is 32.4 Å². The molecule has 1 unspecified atom stereocenters. The summed E-state index contributed by atoms with van der Waals surface area (Å²) in [6.45, 7) is 2.66. The molecular formula is C15H19N3. The topological polar surface area (TPSA) is 53.1 Å². The van der Waals surface area contributed by atoms with Crippen LogP contribution in [0.25, 0.3) is 0 Å². The van der Waals surface area contributed by atoms with E-state index in [0.29, 0.717) is 12.5 Å². The van der Waals surface area contributed by atoms with Gasteiger partial charge in [-0.25, -0.2) is 0 Å². The average Bonchev–Trinajstić information content (AvgIpc) is 3.23. The average molecular weight is 241 g/mol. The summed E-state index contributed by atoms with van der Waals surface area (Å²) in [7, 11) is 0. The van der Waals surface area contributed by atoms with Gasteiger partial charge in [-0.1, -0.05) is 24.3 Å². The highest BCUT2D eigenvalue weighted by molar-refractivity contribution is 5.29. The Bertz CT molecular complexity index is 487. The lowest BCUT2D eigenvalue weighted by molar-refractivity contribution is 0.205. The number of rotatable bonds is 3. The number of fused-ring (bicyclic) bond motifs is 1. The first-order valence-electron chi connectivity index (χ1n) is 6.70. The van der Waals surface area contributed by atoms with Crippen molar-refractivity contribution in [3.63, 3.8) is 0 Å². The molecular weight excluding hydrogens is 222 g/mol. The quantitative estimate of drug-likeness (QED) is 0.876. The standard InChI is InChI=1S/C15H19N3/c16-10-15(17,14-5-6-14)11-18-8-7-12-3-1-2-4-13(12)9-18/h1-4,14H,5-9,11,17H2. The van der Waals surface area contributed by atoms with Crippen LogP contribution in [0.2, 0.25) is 0 Å². The van der Waals surface area contributed by atoms with E-state index >= 15 is 0 Å². The Kier molecular flexibility index (Phi) is 2.85. The molecule has 0 spiro atoms. The van der Waals surface area contributed by atoms with Crippen LogP contribution in [0.15, 0.2) is 24.3 Å². The van der Waals surface area contributed by atoms with E-state index in [1.807, 2.05) is 0 Å². The fourth-order valence-electron chi connectivity index (χ4n) is 2.91. The van der Waals surface area contributed by atoms with Crippen molar-refractivity contribution >= 4 is 0 Å². The molecule has 1 aliphatic heterocycles. The van der Waals surface area contributed by atoms with Gasteiger partial charge in [0.05, 0.1) is 6.07 Å². The molecule has 1 heterocycles. The van der Waals surface area contributed by atoms with Crippen LogP contribution < -0.4 is 5.73 Å². The second-order valence-corrected chi connectivity index (χ2v) is 5.66. The van der Waals surface area contributed by atoms with Crippen molar-refractivity contribution in [2.24, 2.45) is 11.7 Å². The molecule has 0 aromatic heterocycles. The van der Waals surface area contributed by atoms with Gasteiger partial charge in [0.25, 0.3) is 0 Å². The lowest BCUT2D eigenvalue weighted by atomic mass is 9.93. The molecule has 3 rings (SSSR count). The van der Waals surface area contributed by atoms with Gasteiger partial charge >= 0.3 is 0 Å². The summed E-state index contributed by atoms with van der Waals surface area (Å²) in [5.41, 5.74) is 8.45. The summed E-state index contributed by atoms with van der Waals surface area (Å²) in [5.74, 6) is 0.416. The van der Waals surface area contributed by atoms with Crippen LogP contribution in [0.4, 0.5) is 0 Å². The molecule has 1 fully saturated rings. The molecule has 2 aliphatic rings. The van der Waals surface area contributed by atoms with Gasteiger partial charge in [0, 0.05) is 19.6 Å². The number of nitrogens with two attached hydrogens (primary N) is 1. The third-order valence-electron chi connectivity index (χ3n) is 4.21. The number of hydrogen-bond donors (Lipinski definition) is 1. The van der Waals surface area contributed by atoms with E-state index in [-0.39, 0.29) is 0 Å². The van der Waals surface area contributed by atoms with Crippen LogP contribution in [-0.4, -0.2) is 23.5 Å². The summed E-state index contributed by atoms with van der Waals surface area (Å²) in [6.07, 6.45) is 3.31. The Morgan fingerprint density at radius 3 is 2.72 bits per heavy atom. The van der Waals surface area contributed by atoms with E-state index in [1.54, 1.807) is 0 Å². The molecule has 1 atom stereocenters. The summed E-state index contributed by atoms with van der Waals surface area (Å²) in [4.78, 5) is 2.34. The number of benzene rings is 1. The second kappa shape index (κ2) is 4.38. The van der Waals surface area contributed by atoms with Gasteiger partial charge in [0.1, 0.15) is 5.54 Å². The molecule has 94 valence electrons. The second-order valence-electron chi connectivity index (χ2n) is 5.66. The molecule has 0 amide bonds. The Labute approximate surface area is 108 Å². The normalized spacial score (nSPS) is 22.9. The van der Waals surface area contributed by atoms with E-state index in [1.165, 1.54) is 11.1 Å². The van der Waals surface area contributed by atoms with Gasteiger partial charge in [-0.15, -0.1) is 0 Å². The van der Waals surface area contributed by atoms with Crippen LogP contribution in [0.5, 0.6) is 0 Å². The Hall–Kier alpha value is -1.37. The van der Waals surface area contributed by atoms with Gasteiger partial charge in [-0.05, 0) is 36.3 Å². The highest BCUT2D eigenvalue weighted by Gasteiger charge is 2.43. The molecule has 3 nitrogen and oxygen atoms in total. The van der Waals surface area contributed by atoms with Crippen molar-refractivity contribution in [1.29, 1.82) is 5.26 Å². The molecule has 3 heteroatoms. The molecule has 0 radical (unpaired) electrons. The minimum Gasteiger partial charge on any atom is -0.312 e. The minimum absolute atomic E-state index is 0.416. The fourth-order valence-corrected chi connectivity index (χ4v) is 2.91. The van der Waals surface area contributed by atoms with Crippen molar-refractivity contribution in [3.05, 3.63) is 35.4 Å². The molecule has 0 saturated heterocycles. The molecule has 1 aliphatic carbocycles. The smallest absolute Gasteiger partial charge is 0.119 e. The fraction of sp³-hybridized carbons (Fsp3) is 0.533. The predicted octanol–water partition coefficient (Wildman–Crippen LogP) is 1.68. The van der Waals surface area contributed by atoms with E-state index in [2.05, 4.69) is 35.2 Å². The lowest BCUT2D eigenvalue weighted by Gasteiger charge is -2.34. The van der Waals surface area contributed by atoms with Crippen LogP contribution >= 0.6 is 0 Å². The lowest BCUT2D eigenvalue weighted by Crippen LogP contribution is -2.52. The molecule has 1 saturated carbocycles. The largest absolute Gasteiger partial charge is 0.312 e. The first kappa shape index (κ1) is 11.7. The zero-order chi connectivity index (χ0) is 12.6. The summed E-state index contributed by atoms with van der Waals surface area (Å²) in [6, 6.07) is 10.9. The molecule has 0 bridgehead atoms. The summed E-state index contributed by atoms with van der Waals surface area (Å²) >= 11 is 0. The summed E-state index contributed by atoms with van der Waals surface area (Å²) < 4.78 is 0. The molecule has 2 N–H and O–H groups in total. The van der Waals surface area contributed by atoms with Gasteiger partial charge < -0.3 is 5.73 Å². The molecule has 1 aromatic rings. The first-order chi connectivity index (χ1) is 8.71. The zero-order valence-electron chi connectivity index (χ0n) is 10.6.